The molecule has 1 aromatic heterocycles. The average Bonchev–Trinajstić information content (AvgIpc) is 2.80. The van der Waals surface area contributed by atoms with Crippen LogP contribution < -0.4 is 21.7 Å². The molecule has 0 aliphatic carbocycles. The summed E-state index contributed by atoms with van der Waals surface area (Å²) in [5.74, 6) is 2.47. The lowest BCUT2D eigenvalue weighted by atomic mass is 10.1. The fourth-order valence-corrected chi connectivity index (χ4v) is 2.63. The number of nitrogens with zero attached hydrogens (tertiary/aromatic N) is 4. The standard InChI is InChI=1S/C12H12N4OS.BrH/c1-8-13-14-12-16(8)15-11(7-18-12)9-3-5-10(17-2)6-4-9;/h3-6H,7H2,1-2H3;1H/p-1. The minimum absolute atomic E-state index is 0. The number of methoxy groups -OCH3 is 1. The Morgan fingerprint density at radius 2 is 1.95 bits per heavy atom. The first-order valence-corrected chi connectivity index (χ1v) is 6.53. The highest BCUT2D eigenvalue weighted by atomic mass is 79.9. The highest BCUT2D eigenvalue weighted by molar-refractivity contribution is 7.99. The number of aromatic nitrogens is 3. The third-order valence-corrected chi connectivity index (χ3v) is 3.68. The van der Waals surface area contributed by atoms with E-state index in [0.717, 1.165) is 33.8 Å². The first kappa shape index (κ1) is 14.1. The molecule has 1 aliphatic heterocycles. The third-order valence-electron chi connectivity index (χ3n) is 2.75. The van der Waals surface area contributed by atoms with Crippen LogP contribution in [0, 0.1) is 6.92 Å². The summed E-state index contributed by atoms with van der Waals surface area (Å²) in [7, 11) is 1.66. The number of hydrogen-bond donors (Lipinski definition) is 0. The van der Waals surface area contributed by atoms with Crippen molar-refractivity contribution in [3.05, 3.63) is 35.7 Å². The van der Waals surface area contributed by atoms with Gasteiger partial charge in [-0.15, -0.1) is 10.2 Å². The minimum atomic E-state index is 0. The molecule has 0 atom stereocenters. The Balaban J connectivity index is 0.00000133. The van der Waals surface area contributed by atoms with Gasteiger partial charge in [-0.05, 0) is 36.8 Å². The topological polar surface area (TPSA) is 52.3 Å². The molecule has 2 aromatic rings. The van der Waals surface area contributed by atoms with E-state index in [4.69, 9.17) is 4.74 Å². The molecule has 0 saturated carbocycles. The van der Waals surface area contributed by atoms with E-state index >= 15 is 0 Å². The van der Waals surface area contributed by atoms with Crippen LogP contribution in [0.5, 0.6) is 5.75 Å². The number of hydrogen-bond acceptors (Lipinski definition) is 5. The number of fused-ring (bicyclic) bond motifs is 1. The van der Waals surface area contributed by atoms with Crippen LogP contribution in [0.15, 0.2) is 34.5 Å². The maximum atomic E-state index is 5.15. The summed E-state index contributed by atoms with van der Waals surface area (Å²) in [6.07, 6.45) is 0. The van der Waals surface area contributed by atoms with E-state index in [1.807, 2.05) is 31.2 Å². The van der Waals surface area contributed by atoms with Crippen LogP contribution in [0.4, 0.5) is 0 Å². The lowest BCUT2D eigenvalue weighted by Crippen LogP contribution is -3.00. The fraction of sp³-hybridized carbons (Fsp3) is 0.250. The quantitative estimate of drug-likeness (QED) is 0.701. The summed E-state index contributed by atoms with van der Waals surface area (Å²) >= 11 is 1.65. The monoisotopic (exact) mass is 339 g/mol. The van der Waals surface area contributed by atoms with Gasteiger partial charge in [-0.3, -0.25) is 0 Å². The molecule has 1 aliphatic rings. The molecule has 0 fully saturated rings. The van der Waals surface area contributed by atoms with Gasteiger partial charge in [0.15, 0.2) is 5.82 Å². The molecule has 5 nitrogen and oxygen atoms in total. The molecular formula is C12H12BrN4OS-. The van der Waals surface area contributed by atoms with E-state index in [2.05, 4.69) is 15.3 Å². The number of halogens is 1. The Morgan fingerprint density at radius 1 is 1.21 bits per heavy atom. The molecule has 3 rings (SSSR count). The van der Waals surface area contributed by atoms with Crippen molar-refractivity contribution in [2.45, 2.75) is 12.1 Å². The molecular weight excluding hydrogens is 328 g/mol. The maximum Gasteiger partial charge on any atom is 0.212 e. The average molecular weight is 340 g/mol. The molecule has 0 N–H and O–H groups in total. The summed E-state index contributed by atoms with van der Waals surface area (Å²) < 4.78 is 6.93. The zero-order valence-electron chi connectivity index (χ0n) is 10.5. The third kappa shape index (κ3) is 2.66. The zero-order valence-corrected chi connectivity index (χ0v) is 12.9. The van der Waals surface area contributed by atoms with Gasteiger partial charge in [0, 0.05) is 5.75 Å². The van der Waals surface area contributed by atoms with Crippen LogP contribution in [0.1, 0.15) is 11.4 Å². The van der Waals surface area contributed by atoms with Gasteiger partial charge in [0.05, 0.1) is 12.8 Å². The van der Waals surface area contributed by atoms with Crippen molar-refractivity contribution < 1.29 is 21.7 Å². The molecule has 1 aromatic carbocycles. The fourth-order valence-electron chi connectivity index (χ4n) is 1.75. The largest absolute Gasteiger partial charge is 1.00 e. The number of thioether (sulfide) groups is 1. The van der Waals surface area contributed by atoms with Crippen LogP contribution in [0.25, 0.3) is 0 Å². The smallest absolute Gasteiger partial charge is 0.212 e. The van der Waals surface area contributed by atoms with E-state index in [1.54, 1.807) is 23.5 Å². The van der Waals surface area contributed by atoms with E-state index in [1.165, 1.54) is 0 Å². The van der Waals surface area contributed by atoms with Gasteiger partial charge in [0.25, 0.3) is 0 Å². The molecule has 0 amide bonds. The van der Waals surface area contributed by atoms with Gasteiger partial charge >= 0.3 is 0 Å². The van der Waals surface area contributed by atoms with Gasteiger partial charge in [-0.2, -0.15) is 9.78 Å². The van der Waals surface area contributed by atoms with Crippen molar-refractivity contribution in [3.63, 3.8) is 0 Å². The summed E-state index contributed by atoms with van der Waals surface area (Å²) in [6.45, 7) is 1.90. The predicted molar refractivity (Wildman–Crippen MR) is 70.4 cm³/mol. The highest BCUT2D eigenvalue weighted by Crippen LogP contribution is 2.24. The van der Waals surface area contributed by atoms with Crippen LogP contribution in [0.3, 0.4) is 0 Å². The first-order valence-electron chi connectivity index (χ1n) is 5.55. The minimum Gasteiger partial charge on any atom is -1.00 e. The van der Waals surface area contributed by atoms with Crippen molar-refractivity contribution in [2.24, 2.45) is 5.10 Å². The molecule has 100 valence electrons. The Morgan fingerprint density at radius 3 is 2.63 bits per heavy atom. The second-order valence-corrected chi connectivity index (χ2v) is 4.85. The van der Waals surface area contributed by atoms with Crippen molar-refractivity contribution in [3.8, 4) is 5.75 Å². The van der Waals surface area contributed by atoms with E-state index in [9.17, 15) is 0 Å². The Hall–Kier alpha value is -1.34. The van der Waals surface area contributed by atoms with Crippen molar-refractivity contribution in [1.29, 1.82) is 0 Å². The van der Waals surface area contributed by atoms with Crippen LogP contribution in [-0.2, 0) is 0 Å². The van der Waals surface area contributed by atoms with Gasteiger partial charge < -0.3 is 21.7 Å². The normalized spacial score (nSPS) is 13.3. The molecule has 0 radical (unpaired) electrons. The Kier molecular flexibility index (Phi) is 4.26. The van der Waals surface area contributed by atoms with Gasteiger partial charge in [-0.25, -0.2) is 0 Å². The lowest BCUT2D eigenvalue weighted by molar-refractivity contribution is -0.00000413. The van der Waals surface area contributed by atoms with Crippen molar-refractivity contribution in [1.82, 2.24) is 14.9 Å². The molecule has 19 heavy (non-hydrogen) atoms. The van der Waals surface area contributed by atoms with Crippen molar-refractivity contribution >= 4 is 17.5 Å². The highest BCUT2D eigenvalue weighted by Gasteiger charge is 2.17. The summed E-state index contributed by atoms with van der Waals surface area (Å²) in [5, 5.41) is 13.5. The zero-order chi connectivity index (χ0) is 12.5. The number of rotatable bonds is 2. The van der Waals surface area contributed by atoms with Gasteiger partial charge in [-0.1, -0.05) is 11.8 Å². The SMILES string of the molecule is COc1ccc(C2=Nn3c(C)nnc3SC2)cc1.[Br-]. The van der Waals surface area contributed by atoms with Crippen LogP contribution in [-0.4, -0.2) is 33.4 Å². The molecule has 0 saturated heterocycles. The molecule has 0 unspecified atom stereocenters. The van der Waals surface area contributed by atoms with Crippen molar-refractivity contribution in [2.75, 3.05) is 12.9 Å². The van der Waals surface area contributed by atoms with E-state index in [-0.39, 0.29) is 17.0 Å². The van der Waals surface area contributed by atoms with E-state index < -0.39 is 0 Å². The molecule has 0 bridgehead atoms. The van der Waals surface area contributed by atoms with E-state index in [0.29, 0.717) is 0 Å². The second kappa shape index (κ2) is 5.75. The molecule has 0 spiro atoms. The number of aryl methyl sites for hydroxylation is 1. The first-order chi connectivity index (χ1) is 8.78. The molecule has 7 heteroatoms. The Labute approximate surface area is 125 Å². The van der Waals surface area contributed by atoms with Crippen LogP contribution >= 0.6 is 11.8 Å². The summed E-state index contributed by atoms with van der Waals surface area (Å²) in [4.78, 5) is 0. The maximum absolute atomic E-state index is 5.15. The molecule has 2 heterocycles. The summed E-state index contributed by atoms with van der Waals surface area (Å²) in [6, 6.07) is 7.92. The summed E-state index contributed by atoms with van der Waals surface area (Å²) in [5.41, 5.74) is 2.13. The van der Waals surface area contributed by atoms with Crippen LogP contribution in [0.2, 0.25) is 0 Å². The predicted octanol–water partition coefficient (Wildman–Crippen LogP) is -1.04. The van der Waals surface area contributed by atoms with Gasteiger partial charge in [0.1, 0.15) is 5.75 Å². The van der Waals surface area contributed by atoms with Gasteiger partial charge in [0.2, 0.25) is 5.16 Å². The number of benzene rings is 1. The lowest BCUT2D eigenvalue weighted by Gasteiger charge is -2.13. The second-order valence-electron chi connectivity index (χ2n) is 3.91. The number of ether oxygens (including phenoxy) is 1. The Bertz CT molecular complexity index is 609.